The van der Waals surface area contributed by atoms with Gasteiger partial charge in [-0.2, -0.15) is 0 Å². The lowest BCUT2D eigenvalue weighted by Crippen LogP contribution is -2.50. The van der Waals surface area contributed by atoms with E-state index in [-0.39, 0.29) is 0 Å². The fraction of sp³-hybridized carbons (Fsp3) is 0.579. The topological polar surface area (TPSA) is 59.1 Å². The van der Waals surface area contributed by atoms with Crippen LogP contribution in [0.25, 0.3) is 0 Å². The van der Waals surface area contributed by atoms with E-state index in [1.807, 2.05) is 39.0 Å². The molecule has 1 aromatic carbocycles. The highest BCUT2D eigenvalue weighted by Crippen LogP contribution is 2.18. The van der Waals surface area contributed by atoms with Crippen molar-refractivity contribution in [2.24, 2.45) is 0 Å². The van der Waals surface area contributed by atoms with Gasteiger partial charge in [0.05, 0.1) is 7.11 Å². The Bertz CT molecular complexity index is 583. The fourth-order valence-electron chi connectivity index (χ4n) is 2.92. The number of carbonyl (C=O) groups excluding carboxylic acids is 2. The second kappa shape index (κ2) is 8.34. The van der Waals surface area contributed by atoms with E-state index < -0.39 is 23.7 Å². The summed E-state index contributed by atoms with van der Waals surface area (Å²) in [7, 11) is 1.35. The van der Waals surface area contributed by atoms with Crippen molar-refractivity contribution in [2.45, 2.75) is 45.4 Å². The molecule has 1 atom stereocenters. The predicted octanol–water partition coefficient (Wildman–Crippen LogP) is 2.67. The number of nitrogens with zero attached hydrogens (tertiary/aromatic N) is 2. The Morgan fingerprint density at radius 3 is 2.44 bits per heavy atom. The average Bonchev–Trinajstić information content (AvgIpc) is 2.76. The molecule has 0 aliphatic carbocycles. The van der Waals surface area contributed by atoms with Crippen LogP contribution in [-0.2, 0) is 20.8 Å². The van der Waals surface area contributed by atoms with Gasteiger partial charge in [0.1, 0.15) is 11.6 Å². The van der Waals surface area contributed by atoms with Crippen molar-refractivity contribution in [3.63, 3.8) is 0 Å². The van der Waals surface area contributed by atoms with Gasteiger partial charge >= 0.3 is 12.1 Å². The average molecular weight is 348 g/mol. The van der Waals surface area contributed by atoms with E-state index in [2.05, 4.69) is 17.0 Å². The third-order valence-corrected chi connectivity index (χ3v) is 4.03. The number of rotatable bonds is 3. The van der Waals surface area contributed by atoms with E-state index in [0.717, 1.165) is 19.5 Å². The Hall–Kier alpha value is -2.08. The number of esters is 1. The highest BCUT2D eigenvalue weighted by atomic mass is 16.6. The molecule has 1 heterocycles. The van der Waals surface area contributed by atoms with Crippen LogP contribution in [0.3, 0.4) is 0 Å². The van der Waals surface area contributed by atoms with E-state index >= 15 is 0 Å². The highest BCUT2D eigenvalue weighted by Gasteiger charge is 2.36. The van der Waals surface area contributed by atoms with Gasteiger partial charge in [0.25, 0.3) is 0 Å². The summed E-state index contributed by atoms with van der Waals surface area (Å²) in [6.45, 7) is 7.89. The molecular formula is C19H28N2O4. The largest absolute Gasteiger partial charge is 0.467 e. The zero-order chi connectivity index (χ0) is 18.4. The van der Waals surface area contributed by atoms with Crippen LogP contribution >= 0.6 is 0 Å². The molecule has 0 saturated carbocycles. The second-order valence-corrected chi connectivity index (χ2v) is 7.29. The summed E-state index contributed by atoms with van der Waals surface area (Å²) in [5, 5.41) is 0. The maximum atomic E-state index is 12.5. The summed E-state index contributed by atoms with van der Waals surface area (Å²) >= 11 is 0. The quantitative estimate of drug-likeness (QED) is 0.786. The summed E-state index contributed by atoms with van der Waals surface area (Å²) in [6, 6.07) is 9.43. The molecule has 1 fully saturated rings. The molecule has 0 radical (unpaired) electrons. The predicted molar refractivity (Wildman–Crippen MR) is 95.1 cm³/mol. The monoisotopic (exact) mass is 348 g/mol. The first-order valence-corrected chi connectivity index (χ1v) is 8.64. The molecule has 1 aromatic rings. The number of carbonyl (C=O) groups is 2. The molecule has 25 heavy (non-hydrogen) atoms. The Labute approximate surface area is 149 Å². The Morgan fingerprint density at radius 1 is 1.16 bits per heavy atom. The Kier molecular flexibility index (Phi) is 6.42. The van der Waals surface area contributed by atoms with E-state index in [1.165, 1.54) is 17.6 Å². The van der Waals surface area contributed by atoms with Gasteiger partial charge in [0.2, 0.25) is 0 Å². The first-order valence-electron chi connectivity index (χ1n) is 8.64. The van der Waals surface area contributed by atoms with Crippen molar-refractivity contribution in [1.29, 1.82) is 0 Å². The van der Waals surface area contributed by atoms with Gasteiger partial charge < -0.3 is 9.47 Å². The van der Waals surface area contributed by atoms with Crippen LogP contribution < -0.4 is 0 Å². The van der Waals surface area contributed by atoms with Gasteiger partial charge in [-0.1, -0.05) is 30.3 Å². The molecule has 6 heteroatoms. The molecule has 0 spiro atoms. The first kappa shape index (κ1) is 19.2. The molecule has 0 N–H and O–H groups in total. The molecular weight excluding hydrogens is 320 g/mol. The minimum Gasteiger partial charge on any atom is -0.467 e. The number of hydrogen-bond acceptors (Lipinski definition) is 5. The van der Waals surface area contributed by atoms with Gasteiger partial charge in [-0.15, -0.1) is 0 Å². The minimum absolute atomic E-state index is 0.411. The molecule has 1 amide bonds. The van der Waals surface area contributed by atoms with Crippen LogP contribution in [0.5, 0.6) is 0 Å². The number of hydrogen-bond donors (Lipinski definition) is 0. The fourth-order valence-corrected chi connectivity index (χ4v) is 2.92. The highest BCUT2D eigenvalue weighted by molar-refractivity contribution is 5.81. The zero-order valence-electron chi connectivity index (χ0n) is 15.5. The van der Waals surface area contributed by atoms with Crippen molar-refractivity contribution in [1.82, 2.24) is 9.80 Å². The van der Waals surface area contributed by atoms with Crippen molar-refractivity contribution in [3.05, 3.63) is 35.9 Å². The molecule has 0 bridgehead atoms. The van der Waals surface area contributed by atoms with Gasteiger partial charge in [0, 0.05) is 26.2 Å². The molecule has 6 nitrogen and oxygen atoms in total. The van der Waals surface area contributed by atoms with Crippen LogP contribution in [0.2, 0.25) is 0 Å². The van der Waals surface area contributed by atoms with Crippen molar-refractivity contribution >= 4 is 12.1 Å². The summed E-state index contributed by atoms with van der Waals surface area (Å²) in [4.78, 5) is 28.5. The number of ether oxygens (including phenoxy) is 2. The third kappa shape index (κ3) is 5.74. The van der Waals surface area contributed by atoms with E-state index in [4.69, 9.17) is 9.47 Å². The molecule has 0 unspecified atom stereocenters. The van der Waals surface area contributed by atoms with Crippen LogP contribution in [0, 0.1) is 0 Å². The third-order valence-electron chi connectivity index (χ3n) is 4.03. The minimum atomic E-state index is -0.661. The summed E-state index contributed by atoms with van der Waals surface area (Å²) < 4.78 is 10.4. The van der Waals surface area contributed by atoms with Crippen molar-refractivity contribution in [3.8, 4) is 0 Å². The van der Waals surface area contributed by atoms with E-state index in [0.29, 0.717) is 13.1 Å². The zero-order valence-corrected chi connectivity index (χ0v) is 15.5. The number of amides is 1. The summed E-state index contributed by atoms with van der Waals surface area (Å²) in [6.07, 6.45) is 0.309. The smallest absolute Gasteiger partial charge is 0.411 e. The maximum absolute atomic E-state index is 12.5. The molecule has 1 aliphatic heterocycles. The molecule has 2 rings (SSSR count). The lowest BCUT2D eigenvalue weighted by Gasteiger charge is -2.31. The van der Waals surface area contributed by atoms with E-state index in [9.17, 15) is 9.59 Å². The number of benzene rings is 1. The first-order chi connectivity index (χ1) is 11.8. The van der Waals surface area contributed by atoms with Crippen LogP contribution in [0.4, 0.5) is 4.79 Å². The van der Waals surface area contributed by atoms with Gasteiger partial charge in [-0.3, -0.25) is 9.80 Å². The van der Waals surface area contributed by atoms with E-state index in [1.54, 1.807) is 0 Å². The van der Waals surface area contributed by atoms with Crippen LogP contribution in [0.15, 0.2) is 30.3 Å². The van der Waals surface area contributed by atoms with Gasteiger partial charge in [-0.05, 0) is 32.8 Å². The van der Waals surface area contributed by atoms with Gasteiger partial charge in [-0.25, -0.2) is 9.59 Å². The molecule has 0 aromatic heterocycles. The standard InChI is InChI=1S/C19H28N2O4/c1-19(2,3)25-18(23)21-12-8-11-20(14-16(21)17(22)24-4)13-15-9-6-5-7-10-15/h5-7,9-10,16H,8,11-14H2,1-4H3/t16-/m0/s1. The lowest BCUT2D eigenvalue weighted by molar-refractivity contribution is -0.147. The maximum Gasteiger partial charge on any atom is 0.411 e. The Morgan fingerprint density at radius 2 is 1.84 bits per heavy atom. The summed E-state index contributed by atoms with van der Waals surface area (Å²) in [5.74, 6) is -0.411. The lowest BCUT2D eigenvalue weighted by atomic mass is 10.2. The van der Waals surface area contributed by atoms with Crippen LogP contribution in [-0.4, -0.2) is 60.2 Å². The normalized spacial score (nSPS) is 19.2. The van der Waals surface area contributed by atoms with Crippen LogP contribution in [0.1, 0.15) is 32.8 Å². The molecule has 1 saturated heterocycles. The second-order valence-electron chi connectivity index (χ2n) is 7.29. The number of methoxy groups -OCH3 is 1. The molecule has 138 valence electrons. The van der Waals surface area contributed by atoms with Gasteiger partial charge in [0.15, 0.2) is 0 Å². The van der Waals surface area contributed by atoms with Crippen molar-refractivity contribution < 1.29 is 19.1 Å². The Balaban J connectivity index is 2.14. The van der Waals surface area contributed by atoms with Crippen molar-refractivity contribution in [2.75, 3.05) is 26.7 Å². The summed E-state index contributed by atoms with van der Waals surface area (Å²) in [5.41, 5.74) is 0.574. The SMILES string of the molecule is COC(=O)[C@@H]1CN(Cc2ccccc2)CCCN1C(=O)OC(C)(C)C. The molecule has 1 aliphatic rings.